The summed E-state index contributed by atoms with van der Waals surface area (Å²) in [5, 5.41) is 7.95. The molecule has 1 fully saturated rings. The molecule has 0 saturated heterocycles. The van der Waals surface area contributed by atoms with Crippen molar-refractivity contribution in [3.05, 3.63) is 0 Å². The molecule has 5 heteroatoms. The molecular formula is C10H19N3O2. The van der Waals surface area contributed by atoms with Crippen LogP contribution in [0, 0.1) is 5.92 Å². The molecule has 0 radical (unpaired) electrons. The van der Waals surface area contributed by atoms with Gasteiger partial charge < -0.3 is 10.6 Å². The van der Waals surface area contributed by atoms with Crippen LogP contribution in [-0.2, 0) is 4.79 Å². The first-order valence-electron chi connectivity index (χ1n) is 5.39. The Bertz CT molecular complexity index is 255. The minimum atomic E-state index is -0.431. The van der Waals surface area contributed by atoms with Crippen LogP contribution in [0.3, 0.4) is 0 Å². The van der Waals surface area contributed by atoms with Gasteiger partial charge in [-0.3, -0.25) is 10.1 Å². The largest absolute Gasteiger partial charge is 0.338 e. The number of hydrogen-bond donors (Lipinski definition) is 3. The van der Waals surface area contributed by atoms with E-state index in [1.165, 1.54) is 0 Å². The fraction of sp³-hybridized carbons (Fsp3) is 0.800. The Hall–Kier alpha value is -1.10. The second-order valence-corrected chi connectivity index (χ2v) is 4.06. The highest BCUT2D eigenvalue weighted by molar-refractivity contribution is 5.96. The van der Waals surface area contributed by atoms with Crippen LogP contribution < -0.4 is 16.0 Å². The summed E-state index contributed by atoms with van der Waals surface area (Å²) in [4.78, 5) is 22.5. The van der Waals surface area contributed by atoms with E-state index in [2.05, 4.69) is 22.9 Å². The molecular weight excluding hydrogens is 194 g/mol. The number of nitrogens with one attached hydrogen (secondary N) is 3. The number of carbonyl (C=O) groups excluding carboxylic acids is 2. The number of urea groups is 1. The molecule has 5 nitrogen and oxygen atoms in total. The Labute approximate surface area is 90.0 Å². The molecule has 0 aromatic rings. The van der Waals surface area contributed by atoms with Crippen molar-refractivity contribution in [2.45, 2.75) is 39.3 Å². The molecule has 1 rings (SSSR count). The Kier molecular flexibility index (Phi) is 4.08. The molecule has 86 valence electrons. The van der Waals surface area contributed by atoms with Crippen molar-refractivity contribution < 1.29 is 9.59 Å². The number of amides is 3. The number of hydrogen-bond acceptors (Lipinski definition) is 3. The van der Waals surface area contributed by atoms with Gasteiger partial charge in [0, 0.05) is 12.6 Å². The average Bonchev–Trinajstić information content (AvgIpc) is 2.81. The maximum atomic E-state index is 11.5. The van der Waals surface area contributed by atoms with Crippen LogP contribution in [0.5, 0.6) is 0 Å². The molecule has 0 heterocycles. The summed E-state index contributed by atoms with van der Waals surface area (Å²) in [7, 11) is 0. The molecule has 0 aromatic heterocycles. The van der Waals surface area contributed by atoms with E-state index in [0.29, 0.717) is 18.5 Å². The van der Waals surface area contributed by atoms with Gasteiger partial charge in [-0.1, -0.05) is 6.92 Å². The Morgan fingerprint density at radius 3 is 2.53 bits per heavy atom. The average molecular weight is 213 g/mol. The van der Waals surface area contributed by atoms with Crippen molar-refractivity contribution in [3.63, 3.8) is 0 Å². The molecule has 3 amide bonds. The van der Waals surface area contributed by atoms with E-state index in [0.717, 1.165) is 6.42 Å². The van der Waals surface area contributed by atoms with Gasteiger partial charge in [-0.05, 0) is 26.2 Å². The summed E-state index contributed by atoms with van der Waals surface area (Å²) in [6, 6.07) is -0.317. The summed E-state index contributed by atoms with van der Waals surface area (Å²) in [5.41, 5.74) is 0. The highest BCUT2D eigenvalue weighted by atomic mass is 16.2. The zero-order chi connectivity index (χ0) is 11.4. The predicted octanol–water partition coefficient (Wildman–Crippen LogP) is 0.219. The van der Waals surface area contributed by atoms with Crippen LogP contribution in [0.4, 0.5) is 4.79 Å². The van der Waals surface area contributed by atoms with Gasteiger partial charge in [0.1, 0.15) is 0 Å². The lowest BCUT2D eigenvalue weighted by Gasteiger charge is -2.13. The van der Waals surface area contributed by atoms with Gasteiger partial charge in [0.15, 0.2) is 0 Å². The highest BCUT2D eigenvalue weighted by Crippen LogP contribution is 2.29. The minimum absolute atomic E-state index is 0.278. The quantitative estimate of drug-likeness (QED) is 0.625. The third kappa shape index (κ3) is 3.87. The number of carbonyl (C=O) groups is 2. The monoisotopic (exact) mass is 213 g/mol. The van der Waals surface area contributed by atoms with Crippen molar-refractivity contribution in [2.75, 3.05) is 6.54 Å². The molecule has 0 spiro atoms. The van der Waals surface area contributed by atoms with Crippen LogP contribution in [0.25, 0.3) is 0 Å². The van der Waals surface area contributed by atoms with E-state index in [-0.39, 0.29) is 11.9 Å². The standard InChI is InChI=1S/C10H19N3O2/c1-4-11-10(15)13-9(14)7(3)12-8-5-6(8)2/h6-8,12H,4-5H2,1-3H3,(H2,11,13,14,15). The molecule has 1 aliphatic rings. The lowest BCUT2D eigenvalue weighted by atomic mass is 10.3. The van der Waals surface area contributed by atoms with E-state index >= 15 is 0 Å². The maximum Gasteiger partial charge on any atom is 0.321 e. The van der Waals surface area contributed by atoms with Gasteiger partial charge >= 0.3 is 6.03 Å². The van der Waals surface area contributed by atoms with Crippen molar-refractivity contribution >= 4 is 11.9 Å². The van der Waals surface area contributed by atoms with Gasteiger partial charge in [-0.25, -0.2) is 4.79 Å². The van der Waals surface area contributed by atoms with E-state index in [1.54, 1.807) is 13.8 Å². The van der Waals surface area contributed by atoms with E-state index in [4.69, 9.17) is 0 Å². The van der Waals surface area contributed by atoms with Crippen molar-refractivity contribution in [2.24, 2.45) is 5.92 Å². The summed E-state index contributed by atoms with van der Waals surface area (Å²) in [6.07, 6.45) is 1.11. The van der Waals surface area contributed by atoms with E-state index < -0.39 is 6.03 Å². The first-order valence-corrected chi connectivity index (χ1v) is 5.39. The Morgan fingerprint density at radius 2 is 2.07 bits per heavy atom. The van der Waals surface area contributed by atoms with Crippen molar-refractivity contribution in [3.8, 4) is 0 Å². The number of rotatable bonds is 4. The minimum Gasteiger partial charge on any atom is -0.338 e. The highest BCUT2D eigenvalue weighted by Gasteiger charge is 2.34. The maximum absolute atomic E-state index is 11.5. The first-order chi connectivity index (χ1) is 7.04. The molecule has 15 heavy (non-hydrogen) atoms. The van der Waals surface area contributed by atoms with Crippen LogP contribution >= 0.6 is 0 Å². The SMILES string of the molecule is CCNC(=O)NC(=O)C(C)NC1CC1C. The lowest BCUT2D eigenvalue weighted by molar-refractivity contribution is -0.121. The molecule has 3 unspecified atom stereocenters. The third-order valence-electron chi connectivity index (χ3n) is 2.54. The smallest absolute Gasteiger partial charge is 0.321 e. The summed E-state index contributed by atoms with van der Waals surface area (Å²) in [5.74, 6) is 0.366. The fourth-order valence-electron chi connectivity index (χ4n) is 1.38. The molecule has 0 bridgehead atoms. The van der Waals surface area contributed by atoms with Gasteiger partial charge in [0.2, 0.25) is 5.91 Å². The Balaban J connectivity index is 2.23. The van der Waals surface area contributed by atoms with Crippen molar-refractivity contribution in [1.82, 2.24) is 16.0 Å². The zero-order valence-corrected chi connectivity index (χ0v) is 9.46. The third-order valence-corrected chi connectivity index (χ3v) is 2.54. The van der Waals surface area contributed by atoms with Crippen molar-refractivity contribution in [1.29, 1.82) is 0 Å². The zero-order valence-electron chi connectivity index (χ0n) is 9.46. The molecule has 1 aliphatic carbocycles. The lowest BCUT2D eigenvalue weighted by Crippen LogP contribution is -2.48. The van der Waals surface area contributed by atoms with E-state index in [1.807, 2.05) is 0 Å². The summed E-state index contributed by atoms with van der Waals surface area (Å²) < 4.78 is 0. The van der Waals surface area contributed by atoms with Crippen LogP contribution in [0.1, 0.15) is 27.2 Å². The van der Waals surface area contributed by atoms with Gasteiger partial charge in [-0.15, -0.1) is 0 Å². The number of imide groups is 1. The van der Waals surface area contributed by atoms with Crippen LogP contribution in [0.2, 0.25) is 0 Å². The normalized spacial score (nSPS) is 25.5. The molecule has 3 N–H and O–H groups in total. The van der Waals surface area contributed by atoms with Gasteiger partial charge in [-0.2, -0.15) is 0 Å². The molecule has 0 aliphatic heterocycles. The summed E-state index contributed by atoms with van der Waals surface area (Å²) in [6.45, 7) is 6.21. The summed E-state index contributed by atoms with van der Waals surface area (Å²) >= 11 is 0. The van der Waals surface area contributed by atoms with Gasteiger partial charge in [0.05, 0.1) is 6.04 Å². The van der Waals surface area contributed by atoms with Crippen LogP contribution in [-0.4, -0.2) is 30.6 Å². The molecule has 1 saturated carbocycles. The topological polar surface area (TPSA) is 70.2 Å². The fourth-order valence-corrected chi connectivity index (χ4v) is 1.38. The molecule has 3 atom stereocenters. The Morgan fingerprint density at radius 1 is 1.47 bits per heavy atom. The second-order valence-electron chi connectivity index (χ2n) is 4.06. The second kappa shape index (κ2) is 5.11. The molecule has 0 aromatic carbocycles. The van der Waals surface area contributed by atoms with Crippen LogP contribution in [0.15, 0.2) is 0 Å². The van der Waals surface area contributed by atoms with E-state index in [9.17, 15) is 9.59 Å². The van der Waals surface area contributed by atoms with Gasteiger partial charge in [0.25, 0.3) is 0 Å². The first kappa shape index (κ1) is 12.0. The predicted molar refractivity (Wildman–Crippen MR) is 57.4 cm³/mol.